The topological polar surface area (TPSA) is 112 Å². The van der Waals surface area contributed by atoms with Crippen molar-refractivity contribution < 1.29 is 31.5 Å². The molecule has 1 atom stereocenters. The minimum Gasteiger partial charge on any atom is -0.465 e. The molecule has 9 nitrogen and oxygen atoms in total. The highest BCUT2D eigenvalue weighted by Gasteiger charge is 2.29. The van der Waals surface area contributed by atoms with Crippen molar-refractivity contribution in [3.05, 3.63) is 64.0 Å². The summed E-state index contributed by atoms with van der Waals surface area (Å²) in [4.78, 5) is 15.7. The van der Waals surface area contributed by atoms with Crippen molar-refractivity contribution in [1.29, 1.82) is 0 Å². The SMILES string of the molecule is CCOC(=O)Cn1ncc2c1CCCC2NS(=O)(=O)c1cnc(Oc2ccc(F)c(F)c2)c(Br)c1. The Morgan fingerprint density at radius 1 is 1.26 bits per heavy atom. The van der Waals surface area contributed by atoms with E-state index in [2.05, 4.69) is 30.7 Å². The lowest BCUT2D eigenvalue weighted by atomic mass is 9.94. The molecule has 0 amide bonds. The smallest absolute Gasteiger partial charge is 0.327 e. The Morgan fingerprint density at radius 2 is 2.06 bits per heavy atom. The number of fused-ring (bicyclic) bond motifs is 1. The number of nitrogens with one attached hydrogen (secondary N) is 1. The van der Waals surface area contributed by atoms with Gasteiger partial charge in [-0.1, -0.05) is 0 Å². The summed E-state index contributed by atoms with van der Waals surface area (Å²) >= 11 is 3.22. The van der Waals surface area contributed by atoms with E-state index in [0.717, 1.165) is 24.0 Å². The van der Waals surface area contributed by atoms with Gasteiger partial charge in [-0.05, 0) is 60.3 Å². The summed E-state index contributed by atoms with van der Waals surface area (Å²) in [5, 5.41) is 4.24. The van der Waals surface area contributed by atoms with E-state index in [1.165, 1.54) is 16.8 Å². The first-order chi connectivity index (χ1) is 16.7. The largest absolute Gasteiger partial charge is 0.465 e. The van der Waals surface area contributed by atoms with Gasteiger partial charge in [0.2, 0.25) is 15.9 Å². The number of pyridine rings is 1. The molecule has 0 fully saturated rings. The van der Waals surface area contributed by atoms with Gasteiger partial charge >= 0.3 is 5.97 Å². The number of carbonyl (C=O) groups excluding carboxylic acids is 1. The zero-order chi connectivity index (χ0) is 25.2. The van der Waals surface area contributed by atoms with Crippen LogP contribution in [0, 0.1) is 11.6 Å². The fraction of sp³-hybridized carbons (Fsp3) is 0.318. The molecule has 2 aromatic heterocycles. The number of sulfonamides is 1. The number of halogens is 3. The number of esters is 1. The zero-order valence-corrected chi connectivity index (χ0v) is 20.9. The fourth-order valence-electron chi connectivity index (χ4n) is 3.74. The number of hydrogen-bond donors (Lipinski definition) is 1. The second-order valence-electron chi connectivity index (χ2n) is 7.71. The van der Waals surface area contributed by atoms with E-state index in [1.54, 1.807) is 13.1 Å². The second kappa shape index (κ2) is 10.4. The van der Waals surface area contributed by atoms with Gasteiger partial charge in [0.05, 0.1) is 29.5 Å². The normalized spacial score (nSPS) is 15.5. The van der Waals surface area contributed by atoms with Crippen molar-refractivity contribution >= 4 is 31.9 Å². The molecular weight excluding hydrogens is 550 g/mol. The molecule has 0 saturated carbocycles. The number of nitrogens with zero attached hydrogens (tertiary/aromatic N) is 3. The Balaban J connectivity index is 1.51. The first-order valence-corrected chi connectivity index (χ1v) is 13.0. The maximum atomic E-state index is 13.4. The highest BCUT2D eigenvalue weighted by molar-refractivity contribution is 9.10. The Kier molecular flexibility index (Phi) is 7.47. The van der Waals surface area contributed by atoms with Gasteiger partial charge in [-0.3, -0.25) is 9.48 Å². The van der Waals surface area contributed by atoms with Crippen LogP contribution in [0.4, 0.5) is 8.78 Å². The third kappa shape index (κ3) is 5.68. The summed E-state index contributed by atoms with van der Waals surface area (Å²) in [7, 11) is -3.99. The van der Waals surface area contributed by atoms with Crippen molar-refractivity contribution in [3.63, 3.8) is 0 Å². The van der Waals surface area contributed by atoms with Gasteiger partial charge in [0, 0.05) is 17.3 Å². The number of ether oxygens (including phenoxy) is 2. The molecule has 1 aliphatic carbocycles. The first-order valence-electron chi connectivity index (χ1n) is 10.7. The van der Waals surface area contributed by atoms with Crippen LogP contribution in [-0.4, -0.2) is 35.8 Å². The molecule has 186 valence electrons. The molecule has 1 aromatic carbocycles. The van der Waals surface area contributed by atoms with Gasteiger partial charge in [0.1, 0.15) is 17.2 Å². The van der Waals surface area contributed by atoms with Gasteiger partial charge in [-0.15, -0.1) is 0 Å². The quantitative estimate of drug-likeness (QED) is 0.407. The van der Waals surface area contributed by atoms with Gasteiger partial charge in [-0.2, -0.15) is 5.10 Å². The van der Waals surface area contributed by atoms with E-state index in [1.807, 2.05) is 0 Å². The maximum Gasteiger partial charge on any atom is 0.327 e. The van der Waals surface area contributed by atoms with E-state index in [0.29, 0.717) is 24.8 Å². The van der Waals surface area contributed by atoms with Crippen LogP contribution in [-0.2, 0) is 32.5 Å². The van der Waals surface area contributed by atoms with Crippen LogP contribution < -0.4 is 9.46 Å². The van der Waals surface area contributed by atoms with Gasteiger partial charge < -0.3 is 9.47 Å². The Hall–Kier alpha value is -2.90. The number of hydrogen-bond acceptors (Lipinski definition) is 7. The van der Waals surface area contributed by atoms with Crippen LogP contribution in [0.5, 0.6) is 11.6 Å². The van der Waals surface area contributed by atoms with E-state index in [-0.39, 0.29) is 34.1 Å². The van der Waals surface area contributed by atoms with Crippen LogP contribution in [0.2, 0.25) is 0 Å². The van der Waals surface area contributed by atoms with E-state index < -0.39 is 33.7 Å². The molecule has 1 unspecified atom stereocenters. The van der Waals surface area contributed by atoms with Gasteiger partial charge in [0.15, 0.2) is 11.6 Å². The lowest BCUT2D eigenvalue weighted by Gasteiger charge is -2.24. The molecule has 4 rings (SSSR count). The molecule has 0 aliphatic heterocycles. The average Bonchev–Trinajstić information content (AvgIpc) is 3.21. The summed E-state index contributed by atoms with van der Waals surface area (Å²) in [5.74, 6) is -2.54. The highest BCUT2D eigenvalue weighted by Crippen LogP contribution is 2.33. The Bertz CT molecular complexity index is 1370. The first kappa shape index (κ1) is 25.2. The molecule has 1 aliphatic rings. The lowest BCUT2D eigenvalue weighted by Crippen LogP contribution is -2.31. The minimum atomic E-state index is -3.99. The van der Waals surface area contributed by atoms with Crippen LogP contribution in [0.25, 0.3) is 0 Å². The summed E-state index contributed by atoms with van der Waals surface area (Å²) in [6.07, 6.45) is 4.60. The Labute approximate surface area is 208 Å². The number of benzene rings is 1. The van der Waals surface area contributed by atoms with Crippen LogP contribution >= 0.6 is 15.9 Å². The molecule has 35 heavy (non-hydrogen) atoms. The van der Waals surface area contributed by atoms with Gasteiger partial charge in [0.25, 0.3) is 0 Å². The van der Waals surface area contributed by atoms with E-state index in [9.17, 15) is 22.0 Å². The molecule has 0 radical (unpaired) electrons. The van der Waals surface area contributed by atoms with E-state index >= 15 is 0 Å². The van der Waals surface area contributed by atoms with Crippen molar-refractivity contribution in [2.45, 2.75) is 43.7 Å². The van der Waals surface area contributed by atoms with Crippen LogP contribution in [0.3, 0.4) is 0 Å². The summed E-state index contributed by atoms with van der Waals surface area (Å²) in [6.45, 7) is 1.94. The molecule has 13 heteroatoms. The van der Waals surface area contributed by atoms with Gasteiger partial charge in [-0.25, -0.2) is 26.9 Å². The zero-order valence-electron chi connectivity index (χ0n) is 18.5. The third-order valence-corrected chi connectivity index (χ3v) is 7.35. The minimum absolute atomic E-state index is 0.000368. The molecule has 3 aromatic rings. The predicted octanol–water partition coefficient (Wildman–Crippen LogP) is 4.03. The second-order valence-corrected chi connectivity index (χ2v) is 10.3. The third-order valence-electron chi connectivity index (χ3n) is 5.34. The molecule has 1 N–H and O–H groups in total. The lowest BCUT2D eigenvalue weighted by molar-refractivity contribution is -0.144. The number of aromatic nitrogens is 3. The maximum absolute atomic E-state index is 13.4. The molecule has 0 saturated heterocycles. The molecular formula is C22H21BrF2N4O5S. The van der Waals surface area contributed by atoms with Crippen molar-refractivity contribution in [2.24, 2.45) is 0 Å². The summed E-state index contributed by atoms with van der Waals surface area (Å²) in [5.41, 5.74) is 1.49. The van der Waals surface area contributed by atoms with Crippen molar-refractivity contribution in [3.8, 4) is 11.6 Å². The fourth-order valence-corrected chi connectivity index (χ4v) is 5.54. The highest BCUT2D eigenvalue weighted by atomic mass is 79.9. The van der Waals surface area contributed by atoms with E-state index in [4.69, 9.17) is 9.47 Å². The number of rotatable bonds is 8. The molecule has 0 bridgehead atoms. The number of carbonyl (C=O) groups is 1. The predicted molar refractivity (Wildman–Crippen MR) is 123 cm³/mol. The Morgan fingerprint density at radius 3 is 2.77 bits per heavy atom. The summed E-state index contributed by atoms with van der Waals surface area (Å²) < 4.78 is 67.5. The molecule has 2 heterocycles. The standard InChI is InChI=1S/C22H21BrF2N4O5S/c1-2-33-21(30)12-29-20-5-3-4-19(15(20)11-27-29)28-35(31,32)14-9-16(23)22(26-10-14)34-13-6-7-17(24)18(25)8-13/h6-11,19,28H,2-5,12H2,1H3. The van der Waals surface area contributed by atoms with Crippen LogP contribution in [0.1, 0.15) is 37.1 Å². The van der Waals surface area contributed by atoms with Crippen molar-refractivity contribution in [1.82, 2.24) is 19.5 Å². The van der Waals surface area contributed by atoms with Crippen molar-refractivity contribution in [2.75, 3.05) is 6.61 Å². The monoisotopic (exact) mass is 570 g/mol. The summed E-state index contributed by atoms with van der Waals surface area (Å²) in [6, 6.07) is 3.77. The molecule has 0 spiro atoms. The van der Waals surface area contributed by atoms with Crippen LogP contribution in [0.15, 0.2) is 46.0 Å². The average molecular weight is 571 g/mol.